The summed E-state index contributed by atoms with van der Waals surface area (Å²) in [5.41, 5.74) is 0.842. The third-order valence-electron chi connectivity index (χ3n) is 2.83. The molecule has 0 aliphatic rings. The molecule has 3 nitrogen and oxygen atoms in total. The number of hydrogen-bond donors (Lipinski definition) is 0. The summed E-state index contributed by atoms with van der Waals surface area (Å²) in [4.78, 5) is 4.96. The predicted molar refractivity (Wildman–Crippen MR) is 76.3 cm³/mol. The lowest BCUT2D eigenvalue weighted by Crippen LogP contribution is -2.01. The van der Waals surface area contributed by atoms with E-state index in [1.54, 1.807) is 48.5 Å². The van der Waals surface area contributed by atoms with E-state index < -0.39 is 9.84 Å². The van der Waals surface area contributed by atoms with Crippen LogP contribution in [0, 0.1) is 6.92 Å². The molecule has 0 spiro atoms. The number of aromatic nitrogens is 1. The molecule has 1 heterocycles. The van der Waals surface area contributed by atoms with E-state index in [9.17, 15) is 8.42 Å². The predicted octanol–water partition coefficient (Wildman–Crippen LogP) is 3.44. The van der Waals surface area contributed by atoms with Crippen LogP contribution >= 0.6 is 11.3 Å². The van der Waals surface area contributed by atoms with E-state index in [-0.39, 0.29) is 0 Å². The van der Waals surface area contributed by atoms with Crippen LogP contribution in [0.3, 0.4) is 0 Å². The molecule has 0 saturated carbocycles. The molecule has 0 saturated heterocycles. The average Bonchev–Trinajstić information content (AvgIpc) is 2.78. The number of nitrogens with zero attached hydrogens (tertiary/aromatic N) is 1. The lowest BCUT2D eigenvalue weighted by atomic mass is 10.3. The normalized spacial score (nSPS) is 11.8. The minimum atomic E-state index is -3.44. The minimum Gasteiger partial charge on any atom is -0.242 e. The van der Waals surface area contributed by atoms with Crippen LogP contribution in [-0.4, -0.2) is 13.4 Å². The van der Waals surface area contributed by atoms with E-state index in [1.807, 2.05) is 6.92 Å². The van der Waals surface area contributed by atoms with Gasteiger partial charge in [-0.2, -0.15) is 0 Å². The van der Waals surface area contributed by atoms with E-state index in [0.29, 0.717) is 9.79 Å². The summed E-state index contributed by atoms with van der Waals surface area (Å²) in [5, 5.41) is 0.934. The SMILES string of the molecule is Cc1nc2ccc(S(=O)(=O)c3ccccc3)cc2s1. The Kier molecular flexibility index (Phi) is 2.88. The van der Waals surface area contributed by atoms with Crippen molar-refractivity contribution in [2.24, 2.45) is 0 Å². The van der Waals surface area contributed by atoms with Gasteiger partial charge < -0.3 is 0 Å². The maximum absolute atomic E-state index is 12.5. The molecule has 0 bridgehead atoms. The second-order valence-corrected chi connectivity index (χ2v) is 7.36. The number of sulfone groups is 1. The van der Waals surface area contributed by atoms with E-state index >= 15 is 0 Å². The third-order valence-corrected chi connectivity index (χ3v) is 5.53. The van der Waals surface area contributed by atoms with Gasteiger partial charge in [0.05, 0.1) is 25.0 Å². The molecule has 1 aromatic heterocycles. The average molecular weight is 289 g/mol. The van der Waals surface area contributed by atoms with Gasteiger partial charge in [-0.05, 0) is 37.3 Å². The lowest BCUT2D eigenvalue weighted by Gasteiger charge is -2.04. The fourth-order valence-electron chi connectivity index (χ4n) is 1.92. The molecule has 3 aromatic rings. The van der Waals surface area contributed by atoms with Gasteiger partial charge in [0.15, 0.2) is 0 Å². The van der Waals surface area contributed by atoms with Crippen molar-refractivity contribution in [3.8, 4) is 0 Å². The summed E-state index contributed by atoms with van der Waals surface area (Å²) in [6, 6.07) is 13.5. The molecule has 96 valence electrons. The Hall–Kier alpha value is -1.72. The number of benzene rings is 2. The molecular weight excluding hydrogens is 278 g/mol. The Labute approximate surface area is 115 Å². The summed E-state index contributed by atoms with van der Waals surface area (Å²) in [6.45, 7) is 1.91. The van der Waals surface area contributed by atoms with Gasteiger partial charge in [-0.25, -0.2) is 13.4 Å². The van der Waals surface area contributed by atoms with Crippen molar-refractivity contribution < 1.29 is 8.42 Å². The molecule has 3 rings (SSSR count). The summed E-state index contributed by atoms with van der Waals surface area (Å²) < 4.78 is 25.8. The topological polar surface area (TPSA) is 47.0 Å². The van der Waals surface area contributed by atoms with Crippen molar-refractivity contribution >= 4 is 31.4 Å². The maximum atomic E-state index is 12.5. The molecule has 0 fully saturated rings. The van der Waals surface area contributed by atoms with Gasteiger partial charge in [-0.15, -0.1) is 11.3 Å². The summed E-state index contributed by atoms with van der Waals surface area (Å²) in [5.74, 6) is 0. The van der Waals surface area contributed by atoms with Crippen molar-refractivity contribution in [3.63, 3.8) is 0 Å². The van der Waals surface area contributed by atoms with Crippen LogP contribution < -0.4 is 0 Å². The van der Waals surface area contributed by atoms with Crippen LogP contribution in [0.2, 0.25) is 0 Å². The van der Waals surface area contributed by atoms with Crippen LogP contribution in [0.25, 0.3) is 10.2 Å². The molecule has 0 radical (unpaired) electrons. The fourth-order valence-corrected chi connectivity index (χ4v) is 4.17. The quantitative estimate of drug-likeness (QED) is 0.726. The van der Waals surface area contributed by atoms with Crippen molar-refractivity contribution in [2.45, 2.75) is 16.7 Å². The van der Waals surface area contributed by atoms with E-state index in [4.69, 9.17) is 0 Å². The van der Waals surface area contributed by atoms with E-state index in [0.717, 1.165) is 15.2 Å². The molecular formula is C14H11NO2S2. The molecule has 5 heteroatoms. The number of aryl methyl sites for hydroxylation is 1. The molecule has 0 aliphatic heterocycles. The van der Waals surface area contributed by atoms with E-state index in [1.165, 1.54) is 11.3 Å². The molecule has 2 aromatic carbocycles. The second kappa shape index (κ2) is 4.43. The van der Waals surface area contributed by atoms with Crippen molar-refractivity contribution in [1.82, 2.24) is 4.98 Å². The van der Waals surface area contributed by atoms with Gasteiger partial charge in [0.1, 0.15) is 0 Å². The summed E-state index contributed by atoms with van der Waals surface area (Å²) >= 11 is 1.50. The van der Waals surface area contributed by atoms with E-state index in [2.05, 4.69) is 4.98 Å². The minimum absolute atomic E-state index is 0.315. The third kappa shape index (κ3) is 2.15. The Morgan fingerprint density at radius 2 is 1.74 bits per heavy atom. The van der Waals surface area contributed by atoms with Crippen LogP contribution in [0.4, 0.5) is 0 Å². The highest BCUT2D eigenvalue weighted by Crippen LogP contribution is 2.27. The van der Waals surface area contributed by atoms with Crippen LogP contribution in [0.5, 0.6) is 0 Å². The van der Waals surface area contributed by atoms with Gasteiger partial charge in [0.25, 0.3) is 0 Å². The van der Waals surface area contributed by atoms with Gasteiger partial charge in [-0.3, -0.25) is 0 Å². The summed E-state index contributed by atoms with van der Waals surface area (Å²) in [6.07, 6.45) is 0. The fraction of sp³-hybridized carbons (Fsp3) is 0.0714. The van der Waals surface area contributed by atoms with Crippen LogP contribution in [0.1, 0.15) is 5.01 Å². The Morgan fingerprint density at radius 1 is 1.00 bits per heavy atom. The smallest absolute Gasteiger partial charge is 0.206 e. The Balaban J connectivity index is 2.18. The number of fused-ring (bicyclic) bond motifs is 1. The van der Waals surface area contributed by atoms with Crippen molar-refractivity contribution in [1.29, 1.82) is 0 Å². The number of hydrogen-bond acceptors (Lipinski definition) is 4. The van der Waals surface area contributed by atoms with Gasteiger partial charge in [-0.1, -0.05) is 18.2 Å². The molecule has 0 unspecified atom stereocenters. The number of rotatable bonds is 2. The van der Waals surface area contributed by atoms with Gasteiger partial charge in [0, 0.05) is 0 Å². The van der Waals surface area contributed by atoms with Crippen LogP contribution in [0.15, 0.2) is 58.3 Å². The second-order valence-electron chi connectivity index (χ2n) is 4.18. The zero-order valence-electron chi connectivity index (χ0n) is 10.2. The molecule has 19 heavy (non-hydrogen) atoms. The lowest BCUT2D eigenvalue weighted by molar-refractivity contribution is 0.596. The highest BCUT2D eigenvalue weighted by atomic mass is 32.2. The zero-order valence-corrected chi connectivity index (χ0v) is 11.8. The highest BCUT2D eigenvalue weighted by Gasteiger charge is 2.18. The highest BCUT2D eigenvalue weighted by molar-refractivity contribution is 7.91. The van der Waals surface area contributed by atoms with Crippen LogP contribution in [-0.2, 0) is 9.84 Å². The first-order valence-electron chi connectivity index (χ1n) is 5.75. The molecule has 0 amide bonds. The number of thiazole rings is 1. The Bertz CT molecular complexity index is 836. The first kappa shape index (κ1) is 12.3. The molecule has 0 aliphatic carbocycles. The van der Waals surface area contributed by atoms with Gasteiger partial charge in [0.2, 0.25) is 9.84 Å². The monoisotopic (exact) mass is 289 g/mol. The standard InChI is InChI=1S/C14H11NO2S2/c1-10-15-13-8-7-12(9-14(13)18-10)19(16,17)11-5-3-2-4-6-11/h2-9H,1H3. The largest absolute Gasteiger partial charge is 0.242 e. The molecule has 0 atom stereocenters. The van der Waals surface area contributed by atoms with Gasteiger partial charge >= 0.3 is 0 Å². The molecule has 0 N–H and O–H groups in total. The zero-order chi connectivity index (χ0) is 13.5. The first-order chi connectivity index (χ1) is 9.07. The van der Waals surface area contributed by atoms with Crippen molar-refractivity contribution in [3.05, 3.63) is 53.5 Å². The maximum Gasteiger partial charge on any atom is 0.206 e. The summed E-state index contributed by atoms with van der Waals surface area (Å²) in [7, 11) is -3.44. The van der Waals surface area contributed by atoms with Crippen molar-refractivity contribution in [2.75, 3.05) is 0 Å². The Morgan fingerprint density at radius 3 is 2.47 bits per heavy atom. The first-order valence-corrected chi connectivity index (χ1v) is 8.05.